The predicted octanol–water partition coefficient (Wildman–Crippen LogP) is 3.19. The van der Waals surface area contributed by atoms with E-state index in [1.165, 1.54) is 36.9 Å². The Morgan fingerprint density at radius 3 is 2.63 bits per heavy atom. The molecule has 4 nitrogen and oxygen atoms in total. The van der Waals surface area contributed by atoms with Crippen molar-refractivity contribution in [3.63, 3.8) is 0 Å². The van der Waals surface area contributed by atoms with Crippen LogP contribution < -0.4 is 11.3 Å². The minimum atomic E-state index is 0.484. The molecule has 1 aliphatic carbocycles. The van der Waals surface area contributed by atoms with Gasteiger partial charge in [0.25, 0.3) is 0 Å². The molecule has 3 N–H and O–H groups in total. The summed E-state index contributed by atoms with van der Waals surface area (Å²) in [7, 11) is 0. The van der Waals surface area contributed by atoms with Gasteiger partial charge in [0.2, 0.25) is 0 Å². The zero-order chi connectivity index (χ0) is 13.5. The van der Waals surface area contributed by atoms with Crippen molar-refractivity contribution >= 4 is 17.6 Å². The van der Waals surface area contributed by atoms with Crippen LogP contribution >= 0.6 is 11.8 Å². The molecule has 0 spiro atoms. The van der Waals surface area contributed by atoms with Crippen molar-refractivity contribution in [2.24, 2.45) is 11.3 Å². The van der Waals surface area contributed by atoms with Gasteiger partial charge in [-0.15, -0.1) is 0 Å². The summed E-state index contributed by atoms with van der Waals surface area (Å²) >= 11 is 1.89. The van der Waals surface area contributed by atoms with Crippen LogP contribution in [0.25, 0.3) is 0 Å². The quantitative estimate of drug-likeness (QED) is 0.642. The maximum Gasteiger partial charge on any atom is 0.148 e. The summed E-state index contributed by atoms with van der Waals surface area (Å²) in [6.45, 7) is 4.71. The van der Waals surface area contributed by atoms with Crippen LogP contribution in [0.15, 0.2) is 0 Å². The molecule has 3 rings (SSSR count). The third-order valence-corrected chi connectivity index (χ3v) is 5.41. The largest absolute Gasteiger partial charge is 0.308 e. The van der Waals surface area contributed by atoms with E-state index in [0.717, 1.165) is 23.1 Å². The Morgan fingerprint density at radius 1 is 1.21 bits per heavy atom. The average Bonchev–Trinajstić information content (AvgIpc) is 2.85. The van der Waals surface area contributed by atoms with Crippen LogP contribution in [0.2, 0.25) is 0 Å². The molecule has 0 amide bonds. The number of fused-ring (bicyclic) bond motifs is 1. The summed E-state index contributed by atoms with van der Waals surface area (Å²) in [6, 6.07) is 0. The van der Waals surface area contributed by atoms with Gasteiger partial charge in [-0.1, -0.05) is 13.8 Å². The van der Waals surface area contributed by atoms with Crippen molar-refractivity contribution in [1.29, 1.82) is 0 Å². The van der Waals surface area contributed by atoms with Gasteiger partial charge in [0.1, 0.15) is 11.6 Å². The van der Waals surface area contributed by atoms with Gasteiger partial charge in [-0.2, -0.15) is 11.8 Å². The number of nitrogens with two attached hydrogens (primary N) is 1. The Kier molecular flexibility index (Phi) is 3.43. The number of aromatic nitrogens is 2. The first kappa shape index (κ1) is 13.2. The fourth-order valence-electron chi connectivity index (χ4n) is 3.03. The molecule has 2 aliphatic rings. The third-order valence-electron chi connectivity index (χ3n) is 4.44. The van der Waals surface area contributed by atoms with Crippen LogP contribution in [0.5, 0.6) is 0 Å². The molecule has 19 heavy (non-hydrogen) atoms. The third kappa shape index (κ3) is 2.58. The lowest BCUT2D eigenvalue weighted by Crippen LogP contribution is -2.22. The van der Waals surface area contributed by atoms with E-state index in [2.05, 4.69) is 24.3 Å². The normalized spacial score (nSPS) is 22.3. The molecule has 1 aromatic heterocycles. The van der Waals surface area contributed by atoms with Crippen molar-refractivity contribution in [3.8, 4) is 0 Å². The summed E-state index contributed by atoms with van der Waals surface area (Å²) in [5.74, 6) is 9.95. The smallest absolute Gasteiger partial charge is 0.148 e. The van der Waals surface area contributed by atoms with Gasteiger partial charge in [-0.05, 0) is 31.1 Å². The highest BCUT2D eigenvalue weighted by atomic mass is 32.2. The molecular formula is C14H22N4S. The number of nitrogens with zero attached hydrogens (tertiary/aromatic N) is 2. The number of nitrogen functional groups attached to an aromatic ring is 1. The first-order valence-electron chi connectivity index (χ1n) is 7.03. The van der Waals surface area contributed by atoms with Crippen LogP contribution in [0.1, 0.15) is 62.5 Å². The fourth-order valence-corrected chi connectivity index (χ4v) is 4.07. The molecule has 0 bridgehead atoms. The Morgan fingerprint density at radius 2 is 1.95 bits per heavy atom. The Balaban J connectivity index is 1.86. The lowest BCUT2D eigenvalue weighted by Gasteiger charge is -2.33. The number of hydrazine groups is 1. The first-order chi connectivity index (χ1) is 9.09. The van der Waals surface area contributed by atoms with Crippen molar-refractivity contribution in [1.82, 2.24) is 9.97 Å². The number of hydrogen-bond donors (Lipinski definition) is 2. The van der Waals surface area contributed by atoms with Crippen molar-refractivity contribution < 1.29 is 0 Å². The molecular weight excluding hydrogens is 256 g/mol. The zero-order valence-corrected chi connectivity index (χ0v) is 12.5. The molecule has 104 valence electrons. The fraction of sp³-hybridized carbons (Fsp3) is 0.714. The molecule has 1 fully saturated rings. The average molecular weight is 278 g/mol. The summed E-state index contributed by atoms with van der Waals surface area (Å²) in [4.78, 5) is 9.48. The summed E-state index contributed by atoms with van der Waals surface area (Å²) < 4.78 is 0. The van der Waals surface area contributed by atoms with E-state index in [4.69, 9.17) is 10.8 Å². The van der Waals surface area contributed by atoms with E-state index in [9.17, 15) is 0 Å². The van der Waals surface area contributed by atoms with Gasteiger partial charge in [-0.3, -0.25) is 0 Å². The van der Waals surface area contributed by atoms with Gasteiger partial charge < -0.3 is 5.43 Å². The highest BCUT2D eigenvalue weighted by Crippen LogP contribution is 2.42. The summed E-state index contributed by atoms with van der Waals surface area (Å²) in [6.07, 6.45) is 4.92. The summed E-state index contributed by atoms with van der Waals surface area (Å²) in [5, 5.41) is 0. The van der Waals surface area contributed by atoms with E-state index in [1.807, 2.05) is 11.8 Å². The van der Waals surface area contributed by atoms with E-state index in [-0.39, 0.29) is 0 Å². The molecule has 0 atom stereocenters. The summed E-state index contributed by atoms with van der Waals surface area (Å²) in [5.41, 5.74) is 5.63. The Bertz CT molecular complexity index is 477. The molecule has 0 aromatic carbocycles. The second-order valence-electron chi connectivity index (χ2n) is 6.43. The molecule has 5 heteroatoms. The van der Waals surface area contributed by atoms with Crippen LogP contribution in [-0.2, 0) is 11.5 Å². The lowest BCUT2D eigenvalue weighted by atomic mass is 9.73. The monoisotopic (exact) mass is 278 g/mol. The molecule has 0 radical (unpaired) electrons. The second kappa shape index (κ2) is 4.94. The van der Waals surface area contributed by atoms with E-state index < -0.39 is 0 Å². The SMILES string of the molecule is CC1(C)CCC(c2nc3c(c(NN)n2)CSC3)CC1. The molecule has 0 unspecified atom stereocenters. The van der Waals surface area contributed by atoms with E-state index >= 15 is 0 Å². The molecule has 1 aromatic rings. The Hall–Kier alpha value is -0.810. The van der Waals surface area contributed by atoms with Crippen molar-refractivity contribution in [3.05, 3.63) is 17.1 Å². The number of anilines is 1. The molecule has 1 aliphatic heterocycles. The number of hydrogen-bond acceptors (Lipinski definition) is 5. The highest BCUT2D eigenvalue weighted by Gasteiger charge is 2.30. The minimum absolute atomic E-state index is 0.484. The minimum Gasteiger partial charge on any atom is -0.308 e. The maximum atomic E-state index is 5.61. The Labute approximate surface area is 118 Å². The van der Waals surface area contributed by atoms with Crippen molar-refractivity contribution in [2.75, 3.05) is 5.43 Å². The first-order valence-corrected chi connectivity index (χ1v) is 8.18. The maximum absolute atomic E-state index is 5.61. The van der Waals surface area contributed by atoms with Gasteiger partial charge >= 0.3 is 0 Å². The second-order valence-corrected chi connectivity index (χ2v) is 7.42. The standard InChI is InChI=1S/C14H22N4S/c1-14(2)5-3-9(4-6-14)12-16-11-8-19-7-10(11)13(17-12)18-15/h9H,3-8,15H2,1-2H3,(H,16,17,18). The molecule has 1 saturated carbocycles. The van der Waals surface area contributed by atoms with Crippen LogP contribution in [-0.4, -0.2) is 9.97 Å². The molecule has 0 saturated heterocycles. The number of nitrogens with one attached hydrogen (secondary N) is 1. The zero-order valence-electron chi connectivity index (χ0n) is 11.7. The van der Waals surface area contributed by atoms with E-state index in [1.54, 1.807) is 0 Å². The van der Waals surface area contributed by atoms with Gasteiger partial charge in [-0.25, -0.2) is 15.8 Å². The predicted molar refractivity (Wildman–Crippen MR) is 79.8 cm³/mol. The van der Waals surface area contributed by atoms with Gasteiger partial charge in [0.15, 0.2) is 0 Å². The van der Waals surface area contributed by atoms with Gasteiger partial charge in [0, 0.05) is 23.0 Å². The van der Waals surface area contributed by atoms with Crippen LogP contribution in [0.4, 0.5) is 5.82 Å². The van der Waals surface area contributed by atoms with Crippen molar-refractivity contribution in [2.45, 2.75) is 57.0 Å². The van der Waals surface area contributed by atoms with Gasteiger partial charge in [0.05, 0.1) is 5.69 Å². The van der Waals surface area contributed by atoms with E-state index in [0.29, 0.717) is 11.3 Å². The highest BCUT2D eigenvalue weighted by molar-refractivity contribution is 7.98. The number of thioether (sulfide) groups is 1. The van der Waals surface area contributed by atoms with Crippen LogP contribution in [0.3, 0.4) is 0 Å². The topological polar surface area (TPSA) is 63.8 Å². The lowest BCUT2D eigenvalue weighted by molar-refractivity contribution is 0.220. The molecule has 2 heterocycles. The van der Waals surface area contributed by atoms with Crippen LogP contribution in [0, 0.1) is 5.41 Å². The number of rotatable bonds is 2.